The topological polar surface area (TPSA) is 37.8 Å². The van der Waals surface area contributed by atoms with Gasteiger partial charge in [-0.05, 0) is 45.2 Å². The fraction of sp³-hybridized carbons (Fsp3) is 0.412. The zero-order chi connectivity index (χ0) is 14.8. The Hall–Kier alpha value is -1.55. The Morgan fingerprint density at radius 2 is 2.00 bits per heavy atom. The molecule has 0 spiro atoms. The molecule has 4 heteroatoms. The van der Waals surface area contributed by atoms with Gasteiger partial charge in [0.05, 0.1) is 0 Å². The summed E-state index contributed by atoms with van der Waals surface area (Å²) >= 11 is 1.73. The predicted molar refractivity (Wildman–Crippen MR) is 88.2 cm³/mol. The van der Waals surface area contributed by atoms with Crippen LogP contribution in [-0.4, -0.2) is 16.5 Å². The van der Waals surface area contributed by atoms with Crippen LogP contribution >= 0.6 is 11.8 Å². The molecule has 1 N–H and O–H groups in total. The maximum absolute atomic E-state index is 4.75. The van der Waals surface area contributed by atoms with Gasteiger partial charge in [0.1, 0.15) is 16.7 Å². The van der Waals surface area contributed by atoms with Crippen LogP contribution in [0.25, 0.3) is 0 Å². The molecule has 1 aliphatic rings. The first-order valence-electron chi connectivity index (χ1n) is 7.53. The third kappa shape index (κ3) is 3.56. The summed E-state index contributed by atoms with van der Waals surface area (Å²) in [4.78, 5) is 10.6. The van der Waals surface area contributed by atoms with Gasteiger partial charge in [-0.1, -0.05) is 29.5 Å². The van der Waals surface area contributed by atoms with Crippen molar-refractivity contribution in [3.63, 3.8) is 0 Å². The molecule has 1 aromatic heterocycles. The molecule has 0 radical (unpaired) electrons. The summed E-state index contributed by atoms with van der Waals surface area (Å²) < 4.78 is 0. The van der Waals surface area contributed by atoms with Crippen LogP contribution in [0.3, 0.4) is 0 Å². The minimum Gasteiger partial charge on any atom is -0.370 e. The number of rotatable bonds is 5. The van der Waals surface area contributed by atoms with E-state index in [2.05, 4.69) is 55.3 Å². The van der Waals surface area contributed by atoms with Gasteiger partial charge in [0.15, 0.2) is 0 Å². The van der Waals surface area contributed by atoms with Gasteiger partial charge in [0.2, 0.25) is 0 Å². The number of hydrogen-bond donors (Lipinski definition) is 1. The average molecular weight is 299 g/mol. The lowest BCUT2D eigenvalue weighted by Gasteiger charge is -2.10. The van der Waals surface area contributed by atoms with Crippen molar-refractivity contribution < 1.29 is 0 Å². The highest BCUT2D eigenvalue weighted by molar-refractivity contribution is 7.99. The second kappa shape index (κ2) is 6.06. The lowest BCUT2D eigenvalue weighted by atomic mass is 10.2. The smallest absolute Gasteiger partial charge is 0.135 e. The molecule has 2 aromatic rings. The summed E-state index contributed by atoms with van der Waals surface area (Å²) in [6, 6.07) is 8.61. The zero-order valence-electron chi connectivity index (χ0n) is 12.8. The van der Waals surface area contributed by atoms with E-state index in [0.717, 1.165) is 23.2 Å². The summed E-state index contributed by atoms with van der Waals surface area (Å²) in [7, 11) is 0. The Morgan fingerprint density at radius 1 is 1.19 bits per heavy atom. The van der Waals surface area contributed by atoms with Gasteiger partial charge in [-0.2, -0.15) is 0 Å². The highest BCUT2D eigenvalue weighted by Gasteiger charge is 2.27. The van der Waals surface area contributed by atoms with Crippen molar-refractivity contribution in [2.75, 3.05) is 11.9 Å². The lowest BCUT2D eigenvalue weighted by Crippen LogP contribution is -2.03. The number of nitrogens with zero attached hydrogens (tertiary/aromatic N) is 2. The van der Waals surface area contributed by atoms with Crippen LogP contribution in [0.2, 0.25) is 0 Å². The van der Waals surface area contributed by atoms with Crippen LogP contribution < -0.4 is 5.32 Å². The van der Waals surface area contributed by atoms with E-state index < -0.39 is 0 Å². The molecule has 1 heterocycles. The van der Waals surface area contributed by atoms with E-state index in [-0.39, 0.29) is 0 Å². The first-order chi connectivity index (χ1) is 10.2. The fourth-order valence-electron chi connectivity index (χ4n) is 2.32. The summed E-state index contributed by atoms with van der Waals surface area (Å²) in [6.45, 7) is 7.26. The van der Waals surface area contributed by atoms with Gasteiger partial charge < -0.3 is 5.32 Å². The molecule has 21 heavy (non-hydrogen) atoms. The minimum atomic E-state index is 0.571. The second-order valence-corrected chi connectivity index (χ2v) is 6.69. The van der Waals surface area contributed by atoms with E-state index in [0.29, 0.717) is 5.92 Å². The first-order valence-corrected chi connectivity index (χ1v) is 8.35. The molecule has 1 aromatic carbocycles. The summed E-state index contributed by atoms with van der Waals surface area (Å²) in [5.74, 6) is 2.52. The van der Waals surface area contributed by atoms with Crippen LogP contribution in [0.4, 0.5) is 5.82 Å². The molecule has 1 saturated carbocycles. The Kier molecular flexibility index (Phi) is 4.15. The van der Waals surface area contributed by atoms with Crippen LogP contribution in [0.5, 0.6) is 0 Å². The van der Waals surface area contributed by atoms with Crippen molar-refractivity contribution in [2.24, 2.45) is 0 Å². The van der Waals surface area contributed by atoms with Crippen LogP contribution in [0.1, 0.15) is 42.6 Å². The highest BCUT2D eigenvalue weighted by Crippen LogP contribution is 2.40. The number of anilines is 1. The average Bonchev–Trinajstić information content (AvgIpc) is 3.27. The maximum Gasteiger partial charge on any atom is 0.135 e. The van der Waals surface area contributed by atoms with E-state index in [4.69, 9.17) is 4.98 Å². The van der Waals surface area contributed by atoms with Crippen molar-refractivity contribution in [3.05, 3.63) is 41.2 Å². The first kappa shape index (κ1) is 14.4. The number of benzene rings is 1. The molecule has 0 saturated heterocycles. The largest absolute Gasteiger partial charge is 0.370 e. The van der Waals surface area contributed by atoms with Crippen LogP contribution in [0.15, 0.2) is 34.2 Å². The zero-order valence-corrected chi connectivity index (χ0v) is 13.6. The fourth-order valence-corrected chi connectivity index (χ4v) is 3.21. The Bertz CT molecular complexity index is 650. The molecule has 0 aliphatic heterocycles. The van der Waals surface area contributed by atoms with Gasteiger partial charge in [-0.25, -0.2) is 9.97 Å². The predicted octanol–water partition coefficient (Wildman–Crippen LogP) is 4.55. The summed E-state index contributed by atoms with van der Waals surface area (Å²) in [5.41, 5.74) is 2.60. The summed E-state index contributed by atoms with van der Waals surface area (Å²) in [5, 5.41) is 4.35. The van der Waals surface area contributed by atoms with Crippen molar-refractivity contribution in [3.8, 4) is 0 Å². The van der Waals surface area contributed by atoms with E-state index in [1.807, 2.05) is 0 Å². The number of aromatic nitrogens is 2. The number of aryl methyl sites for hydroxylation is 2. The molecule has 0 atom stereocenters. The van der Waals surface area contributed by atoms with Crippen molar-refractivity contribution >= 4 is 17.6 Å². The molecule has 0 amide bonds. The highest BCUT2D eigenvalue weighted by atomic mass is 32.2. The Labute approximate surface area is 130 Å². The molecule has 3 rings (SSSR count). The van der Waals surface area contributed by atoms with Gasteiger partial charge in [0, 0.05) is 23.4 Å². The molecule has 0 unspecified atom stereocenters. The van der Waals surface area contributed by atoms with Crippen LogP contribution in [0, 0.1) is 13.8 Å². The molecule has 1 aliphatic carbocycles. The second-order valence-electron chi connectivity index (χ2n) is 5.63. The van der Waals surface area contributed by atoms with Crippen molar-refractivity contribution in [1.29, 1.82) is 0 Å². The number of hydrogen-bond acceptors (Lipinski definition) is 4. The van der Waals surface area contributed by atoms with Gasteiger partial charge in [-0.15, -0.1) is 0 Å². The van der Waals surface area contributed by atoms with E-state index in [1.54, 1.807) is 11.8 Å². The van der Waals surface area contributed by atoms with E-state index in [9.17, 15) is 0 Å². The molecule has 110 valence electrons. The van der Waals surface area contributed by atoms with Crippen molar-refractivity contribution in [1.82, 2.24) is 9.97 Å². The minimum absolute atomic E-state index is 0.571. The number of nitrogens with one attached hydrogen (secondary N) is 1. The molecule has 1 fully saturated rings. The Morgan fingerprint density at radius 3 is 2.67 bits per heavy atom. The molecule has 0 bridgehead atoms. The molecular weight excluding hydrogens is 278 g/mol. The monoisotopic (exact) mass is 299 g/mol. The van der Waals surface area contributed by atoms with E-state index >= 15 is 0 Å². The quantitative estimate of drug-likeness (QED) is 0.822. The maximum atomic E-state index is 4.75. The third-order valence-electron chi connectivity index (χ3n) is 3.57. The Balaban J connectivity index is 1.89. The molecule has 3 nitrogen and oxygen atoms in total. The lowest BCUT2D eigenvalue weighted by molar-refractivity contribution is 0.876. The third-order valence-corrected chi connectivity index (χ3v) is 4.66. The standard InChI is InChI=1S/C17H21N3S/c1-4-18-15-10-16(20-17(19-15)13-6-7-13)21-14-8-5-11(2)9-12(14)3/h5,8-10,13H,4,6-7H2,1-3H3,(H,18,19,20). The van der Waals surface area contributed by atoms with Gasteiger partial charge >= 0.3 is 0 Å². The van der Waals surface area contributed by atoms with Crippen molar-refractivity contribution in [2.45, 2.75) is 49.5 Å². The van der Waals surface area contributed by atoms with Gasteiger partial charge in [0.25, 0.3) is 0 Å². The van der Waals surface area contributed by atoms with E-state index in [1.165, 1.54) is 28.9 Å². The van der Waals surface area contributed by atoms with Crippen LogP contribution in [-0.2, 0) is 0 Å². The SMILES string of the molecule is CCNc1cc(Sc2ccc(C)cc2C)nc(C2CC2)n1. The molecular formula is C17H21N3S. The normalized spacial score (nSPS) is 14.2. The van der Waals surface area contributed by atoms with Gasteiger partial charge in [-0.3, -0.25) is 0 Å². The summed E-state index contributed by atoms with van der Waals surface area (Å²) in [6.07, 6.45) is 2.45.